The Morgan fingerprint density at radius 2 is 1.93 bits per heavy atom. The SMILES string of the molecule is C/C=C/NC(=O)c1ccc(-c2cccc(C)c2)o1.C=CC(=C)CC=O.CC. The van der Waals surface area contributed by atoms with E-state index in [1.54, 1.807) is 30.5 Å². The normalized spacial score (nSPS) is 9.33. The minimum Gasteiger partial charge on any atom is -0.451 e. The number of carbonyl (C=O) groups is 2. The number of hydrogen-bond donors (Lipinski definition) is 1. The second kappa shape index (κ2) is 14.1. The fourth-order valence-electron chi connectivity index (χ4n) is 1.83. The zero-order valence-electron chi connectivity index (χ0n) is 16.6. The summed E-state index contributed by atoms with van der Waals surface area (Å²) in [6.07, 6.45) is 6.13. The molecule has 1 aromatic heterocycles. The molecule has 0 radical (unpaired) electrons. The number of aryl methyl sites for hydroxylation is 1. The van der Waals surface area contributed by atoms with Gasteiger partial charge in [0.05, 0.1) is 0 Å². The van der Waals surface area contributed by atoms with Crippen LogP contribution in [0.25, 0.3) is 11.3 Å². The molecule has 0 fully saturated rings. The Balaban J connectivity index is 0.000000637. The summed E-state index contributed by atoms with van der Waals surface area (Å²) in [4.78, 5) is 21.3. The van der Waals surface area contributed by atoms with Crippen molar-refractivity contribution in [2.75, 3.05) is 0 Å². The monoisotopic (exact) mass is 367 g/mol. The molecular weight excluding hydrogens is 338 g/mol. The molecule has 0 aliphatic heterocycles. The lowest BCUT2D eigenvalue weighted by molar-refractivity contribution is -0.107. The van der Waals surface area contributed by atoms with Gasteiger partial charge >= 0.3 is 0 Å². The lowest BCUT2D eigenvalue weighted by Crippen LogP contribution is -2.15. The van der Waals surface area contributed by atoms with Crippen molar-refractivity contribution in [3.63, 3.8) is 0 Å². The van der Waals surface area contributed by atoms with E-state index in [1.165, 1.54) is 0 Å². The van der Waals surface area contributed by atoms with Crippen molar-refractivity contribution in [1.82, 2.24) is 5.32 Å². The number of allylic oxidation sites excluding steroid dienone is 3. The van der Waals surface area contributed by atoms with Crippen LogP contribution in [0.4, 0.5) is 0 Å². The molecule has 0 bridgehead atoms. The van der Waals surface area contributed by atoms with Crippen LogP contribution < -0.4 is 5.32 Å². The minimum absolute atomic E-state index is 0.244. The summed E-state index contributed by atoms with van der Waals surface area (Å²) in [5.41, 5.74) is 2.90. The summed E-state index contributed by atoms with van der Waals surface area (Å²) in [5, 5.41) is 2.61. The third-order valence-electron chi connectivity index (χ3n) is 3.15. The Kier molecular flexibility index (Phi) is 12.4. The molecule has 1 amide bonds. The topological polar surface area (TPSA) is 59.3 Å². The van der Waals surface area contributed by atoms with E-state index in [-0.39, 0.29) is 5.91 Å². The highest BCUT2D eigenvalue weighted by molar-refractivity contribution is 5.92. The maximum absolute atomic E-state index is 11.7. The van der Waals surface area contributed by atoms with E-state index in [2.05, 4.69) is 18.5 Å². The second-order valence-electron chi connectivity index (χ2n) is 5.24. The zero-order valence-corrected chi connectivity index (χ0v) is 16.6. The van der Waals surface area contributed by atoms with E-state index in [4.69, 9.17) is 4.42 Å². The van der Waals surface area contributed by atoms with E-state index in [0.29, 0.717) is 17.9 Å². The average Bonchev–Trinajstić information content (AvgIpc) is 3.19. The molecule has 1 aromatic carbocycles. The van der Waals surface area contributed by atoms with Crippen LogP contribution in [0.3, 0.4) is 0 Å². The summed E-state index contributed by atoms with van der Waals surface area (Å²) < 4.78 is 5.54. The van der Waals surface area contributed by atoms with Crippen LogP contribution in [0, 0.1) is 6.92 Å². The molecule has 0 aliphatic carbocycles. The van der Waals surface area contributed by atoms with Crippen LogP contribution in [0.15, 0.2) is 77.9 Å². The Hall–Kier alpha value is -3.14. The van der Waals surface area contributed by atoms with E-state index in [9.17, 15) is 9.59 Å². The fourth-order valence-corrected chi connectivity index (χ4v) is 1.83. The van der Waals surface area contributed by atoms with Gasteiger partial charge in [-0.15, -0.1) is 0 Å². The van der Waals surface area contributed by atoms with Crippen molar-refractivity contribution < 1.29 is 14.0 Å². The summed E-state index contributed by atoms with van der Waals surface area (Å²) in [7, 11) is 0. The molecule has 0 saturated heterocycles. The predicted molar refractivity (Wildman–Crippen MR) is 113 cm³/mol. The molecule has 27 heavy (non-hydrogen) atoms. The number of benzene rings is 1. The molecule has 4 nitrogen and oxygen atoms in total. The Labute approximate surface area is 162 Å². The van der Waals surface area contributed by atoms with Gasteiger partial charge in [0.2, 0.25) is 0 Å². The Morgan fingerprint density at radius 1 is 1.22 bits per heavy atom. The molecule has 0 atom stereocenters. The Bertz CT molecular complexity index is 769. The number of furan rings is 1. The van der Waals surface area contributed by atoms with Gasteiger partial charge in [-0.2, -0.15) is 0 Å². The van der Waals surface area contributed by atoms with E-state index < -0.39 is 0 Å². The lowest BCUT2D eigenvalue weighted by Gasteiger charge is -1.99. The van der Waals surface area contributed by atoms with Crippen molar-refractivity contribution in [1.29, 1.82) is 0 Å². The third kappa shape index (κ3) is 9.21. The van der Waals surface area contributed by atoms with Gasteiger partial charge in [0.15, 0.2) is 5.76 Å². The second-order valence-corrected chi connectivity index (χ2v) is 5.24. The molecular formula is C23H29NO3. The highest BCUT2D eigenvalue weighted by Crippen LogP contribution is 2.22. The summed E-state index contributed by atoms with van der Waals surface area (Å²) in [6, 6.07) is 11.4. The van der Waals surface area contributed by atoms with Crippen molar-refractivity contribution >= 4 is 12.2 Å². The van der Waals surface area contributed by atoms with Crippen LogP contribution in [-0.2, 0) is 4.79 Å². The maximum Gasteiger partial charge on any atom is 0.290 e. The maximum atomic E-state index is 11.7. The smallest absolute Gasteiger partial charge is 0.290 e. The number of nitrogens with one attached hydrogen (secondary N) is 1. The highest BCUT2D eigenvalue weighted by Gasteiger charge is 2.10. The van der Waals surface area contributed by atoms with Gasteiger partial charge in [0, 0.05) is 12.0 Å². The molecule has 0 aliphatic rings. The molecule has 1 heterocycles. The zero-order chi connectivity index (χ0) is 20.7. The first-order chi connectivity index (χ1) is 13.0. The van der Waals surface area contributed by atoms with Crippen LogP contribution in [-0.4, -0.2) is 12.2 Å². The number of hydrogen-bond acceptors (Lipinski definition) is 3. The van der Waals surface area contributed by atoms with Crippen LogP contribution in [0.2, 0.25) is 0 Å². The quantitative estimate of drug-likeness (QED) is 0.514. The van der Waals surface area contributed by atoms with Crippen LogP contribution in [0.5, 0.6) is 0 Å². The van der Waals surface area contributed by atoms with E-state index in [1.807, 2.05) is 52.0 Å². The highest BCUT2D eigenvalue weighted by atomic mass is 16.3. The number of amides is 1. The van der Waals surface area contributed by atoms with Crippen molar-refractivity contribution in [2.24, 2.45) is 0 Å². The third-order valence-corrected chi connectivity index (χ3v) is 3.15. The molecule has 0 saturated carbocycles. The lowest BCUT2D eigenvalue weighted by atomic mass is 10.1. The molecule has 144 valence electrons. The molecule has 1 N–H and O–H groups in total. The van der Waals surface area contributed by atoms with Crippen LogP contribution >= 0.6 is 0 Å². The molecule has 4 heteroatoms. The van der Waals surface area contributed by atoms with Crippen molar-refractivity contribution in [3.05, 3.63) is 84.8 Å². The van der Waals surface area contributed by atoms with Crippen LogP contribution in [0.1, 0.15) is 43.3 Å². The van der Waals surface area contributed by atoms with E-state index >= 15 is 0 Å². The van der Waals surface area contributed by atoms with E-state index in [0.717, 1.165) is 23.0 Å². The van der Waals surface area contributed by atoms with Gasteiger partial charge in [-0.05, 0) is 43.8 Å². The first-order valence-electron chi connectivity index (χ1n) is 8.84. The first kappa shape index (κ1) is 23.9. The molecule has 2 rings (SSSR count). The van der Waals surface area contributed by atoms with Crippen molar-refractivity contribution in [2.45, 2.75) is 34.1 Å². The molecule has 0 spiro atoms. The van der Waals surface area contributed by atoms with Gasteiger partial charge in [-0.3, -0.25) is 4.79 Å². The predicted octanol–water partition coefficient (Wildman–Crippen LogP) is 5.86. The largest absolute Gasteiger partial charge is 0.451 e. The fraction of sp³-hybridized carbons (Fsp3) is 0.217. The summed E-state index contributed by atoms with van der Waals surface area (Å²) in [5.74, 6) is 0.765. The minimum atomic E-state index is -0.244. The summed E-state index contributed by atoms with van der Waals surface area (Å²) >= 11 is 0. The van der Waals surface area contributed by atoms with Gasteiger partial charge in [-0.25, -0.2) is 0 Å². The van der Waals surface area contributed by atoms with Gasteiger partial charge in [-0.1, -0.05) is 62.9 Å². The number of aldehydes is 1. The molecule has 0 unspecified atom stereocenters. The number of rotatable bonds is 6. The average molecular weight is 367 g/mol. The summed E-state index contributed by atoms with van der Waals surface area (Å²) in [6.45, 7) is 14.8. The number of carbonyl (C=O) groups excluding carboxylic acids is 2. The first-order valence-corrected chi connectivity index (χ1v) is 8.84. The molecule has 2 aromatic rings. The Morgan fingerprint density at radius 3 is 2.44 bits per heavy atom. The van der Waals surface area contributed by atoms with Gasteiger partial charge in [0.1, 0.15) is 12.0 Å². The van der Waals surface area contributed by atoms with Gasteiger partial charge in [0.25, 0.3) is 5.91 Å². The standard InChI is InChI=1S/C15H15NO2.C6H8O.C2H6/c1-3-9-16-15(17)14-8-7-13(18-14)12-6-4-5-11(2)10-12;1-3-6(2)4-5-7;1-2/h3-10H,1-2H3,(H,16,17);3,5H,1-2,4H2;1-2H3/b9-3+;;. The van der Waals surface area contributed by atoms with Crippen molar-refractivity contribution in [3.8, 4) is 11.3 Å². The van der Waals surface area contributed by atoms with Gasteiger partial charge < -0.3 is 14.5 Å².